The third kappa shape index (κ3) is 20.4. The third-order valence-corrected chi connectivity index (χ3v) is 5.78. The molecule has 7 heteroatoms. The Labute approximate surface area is 199 Å². The highest BCUT2D eigenvalue weighted by Gasteiger charge is 2.23. The lowest BCUT2D eigenvalue weighted by Gasteiger charge is -2.14. The molecular formula is C25H45NO5S. The molecule has 0 spiro atoms. The van der Waals surface area contributed by atoms with E-state index in [0.717, 1.165) is 25.7 Å². The summed E-state index contributed by atoms with van der Waals surface area (Å²) in [7, 11) is 0. The summed E-state index contributed by atoms with van der Waals surface area (Å²) in [6.07, 6.45) is 22.6. The molecule has 0 aliphatic carbocycles. The summed E-state index contributed by atoms with van der Waals surface area (Å²) < 4.78 is 0. The minimum Gasteiger partial charge on any atom is -0.343 e. The molecule has 0 fully saturated rings. The average molecular weight is 472 g/mol. The van der Waals surface area contributed by atoms with Crippen molar-refractivity contribution in [3.8, 4) is 0 Å². The Hall–Kier alpha value is -1.50. The molecule has 0 aromatic carbocycles. The molecule has 1 unspecified atom stereocenters. The van der Waals surface area contributed by atoms with E-state index >= 15 is 0 Å². The highest BCUT2D eigenvalue weighted by molar-refractivity contribution is 7.98. The van der Waals surface area contributed by atoms with Crippen molar-refractivity contribution in [2.24, 2.45) is 0 Å². The fourth-order valence-electron chi connectivity index (χ4n) is 3.26. The molecule has 0 saturated heterocycles. The maximum Gasteiger partial charge on any atom is 0.377 e. The van der Waals surface area contributed by atoms with Crippen LogP contribution in [0.25, 0.3) is 0 Å². The van der Waals surface area contributed by atoms with Crippen LogP contribution in [0.5, 0.6) is 0 Å². The number of unbranched alkanes of at least 4 members (excludes halogenated alkanes) is 11. The molecule has 0 aromatic rings. The van der Waals surface area contributed by atoms with Crippen LogP contribution in [0.4, 0.5) is 0 Å². The predicted octanol–water partition coefficient (Wildman–Crippen LogP) is 6.28. The first-order chi connectivity index (χ1) is 15.5. The molecule has 0 aliphatic heterocycles. The number of hydrogen-bond donors (Lipinski definition) is 1. The molecular weight excluding hydrogens is 426 g/mol. The second-order valence-electron chi connectivity index (χ2n) is 8.23. The van der Waals surface area contributed by atoms with Crippen LogP contribution in [0, 0.1) is 0 Å². The Morgan fingerprint density at radius 3 is 1.97 bits per heavy atom. The number of nitrogens with one attached hydrogen (secondary N) is 1. The molecule has 0 heterocycles. The summed E-state index contributed by atoms with van der Waals surface area (Å²) >= 11 is 1.56. The molecule has 1 amide bonds. The van der Waals surface area contributed by atoms with E-state index in [9.17, 15) is 14.4 Å². The van der Waals surface area contributed by atoms with E-state index < -0.39 is 18.0 Å². The van der Waals surface area contributed by atoms with Crippen LogP contribution in [-0.2, 0) is 24.2 Å². The number of rotatable bonds is 20. The first kappa shape index (κ1) is 30.5. The second-order valence-corrected chi connectivity index (χ2v) is 9.21. The molecule has 0 saturated carbocycles. The number of carbonyl (C=O) groups excluding carboxylic acids is 3. The van der Waals surface area contributed by atoms with Gasteiger partial charge in [0.1, 0.15) is 6.04 Å². The van der Waals surface area contributed by atoms with Crippen LogP contribution in [-0.4, -0.2) is 35.9 Å². The van der Waals surface area contributed by atoms with Gasteiger partial charge in [-0.1, -0.05) is 70.4 Å². The maximum atomic E-state index is 12.0. The van der Waals surface area contributed by atoms with Crippen molar-refractivity contribution in [1.29, 1.82) is 0 Å². The topological polar surface area (TPSA) is 81.7 Å². The number of allylic oxidation sites excluding steroid dienone is 2. The van der Waals surface area contributed by atoms with Crippen LogP contribution >= 0.6 is 11.8 Å². The smallest absolute Gasteiger partial charge is 0.343 e. The van der Waals surface area contributed by atoms with E-state index in [1.165, 1.54) is 58.3 Å². The van der Waals surface area contributed by atoms with Crippen molar-refractivity contribution in [2.75, 3.05) is 12.0 Å². The van der Waals surface area contributed by atoms with E-state index in [-0.39, 0.29) is 12.3 Å². The van der Waals surface area contributed by atoms with E-state index in [4.69, 9.17) is 0 Å². The van der Waals surface area contributed by atoms with Crippen LogP contribution in [0.15, 0.2) is 12.2 Å². The minimum absolute atomic E-state index is 0.223. The van der Waals surface area contributed by atoms with Crippen LogP contribution in [0.3, 0.4) is 0 Å². The predicted molar refractivity (Wildman–Crippen MR) is 132 cm³/mol. The zero-order chi connectivity index (χ0) is 23.9. The van der Waals surface area contributed by atoms with Gasteiger partial charge in [0.05, 0.1) is 6.42 Å². The molecule has 186 valence electrons. The Kier molecular flexibility index (Phi) is 21.6. The van der Waals surface area contributed by atoms with Gasteiger partial charge in [0.25, 0.3) is 0 Å². The van der Waals surface area contributed by atoms with Gasteiger partial charge in [-0.2, -0.15) is 11.8 Å². The van der Waals surface area contributed by atoms with Gasteiger partial charge >= 0.3 is 11.9 Å². The minimum atomic E-state index is -0.799. The van der Waals surface area contributed by atoms with Gasteiger partial charge in [0, 0.05) is 6.92 Å². The summed E-state index contributed by atoms with van der Waals surface area (Å²) in [6.45, 7) is 3.58. The van der Waals surface area contributed by atoms with Gasteiger partial charge < -0.3 is 5.32 Å². The Bertz CT molecular complexity index is 524. The van der Waals surface area contributed by atoms with Crippen LogP contribution in [0.2, 0.25) is 0 Å². The number of thioether (sulfide) groups is 1. The van der Waals surface area contributed by atoms with E-state index in [0.29, 0.717) is 18.6 Å². The maximum absolute atomic E-state index is 12.0. The fraction of sp³-hybridized carbons (Fsp3) is 0.800. The summed E-state index contributed by atoms with van der Waals surface area (Å²) in [5, 5.41) is 2.52. The molecule has 1 atom stereocenters. The summed E-state index contributed by atoms with van der Waals surface area (Å²) in [6, 6.07) is -0.799. The molecule has 0 aromatic heterocycles. The highest BCUT2D eigenvalue weighted by Crippen LogP contribution is 2.10. The lowest BCUT2D eigenvalue weighted by Crippen LogP contribution is -2.41. The zero-order valence-corrected chi connectivity index (χ0v) is 21.3. The van der Waals surface area contributed by atoms with Crippen LogP contribution < -0.4 is 5.32 Å². The second kappa shape index (κ2) is 22.7. The number of carbonyl (C=O) groups is 3. The van der Waals surface area contributed by atoms with Gasteiger partial charge in [0.15, 0.2) is 0 Å². The summed E-state index contributed by atoms with van der Waals surface area (Å²) in [4.78, 5) is 44.1. The molecule has 1 N–H and O–H groups in total. The van der Waals surface area contributed by atoms with Crippen molar-refractivity contribution in [1.82, 2.24) is 5.32 Å². The summed E-state index contributed by atoms with van der Waals surface area (Å²) in [5.41, 5.74) is 0. The first-order valence-electron chi connectivity index (χ1n) is 12.3. The quantitative estimate of drug-likeness (QED) is 0.0973. The Morgan fingerprint density at radius 2 is 1.41 bits per heavy atom. The van der Waals surface area contributed by atoms with E-state index in [2.05, 4.69) is 34.2 Å². The van der Waals surface area contributed by atoms with Crippen molar-refractivity contribution in [3.63, 3.8) is 0 Å². The van der Waals surface area contributed by atoms with Gasteiger partial charge in [-0.3, -0.25) is 4.79 Å². The molecule has 0 rings (SSSR count). The monoisotopic (exact) mass is 471 g/mol. The van der Waals surface area contributed by atoms with Crippen LogP contribution in [0.1, 0.15) is 110 Å². The third-order valence-electron chi connectivity index (χ3n) is 5.13. The average Bonchev–Trinajstić information content (AvgIpc) is 2.77. The standard InChI is InChI=1S/C25H45NO5S/c1-4-5-6-7-8-9-10-11-12-13-14-15-16-17-18-19-24(28)30-31-25(29)23(20-21-32-3)26-22(2)27/h11-12,23H,4-10,13-21H2,1-3H3,(H,26,27)/b12-11-. The van der Waals surface area contributed by atoms with Gasteiger partial charge in [-0.05, 0) is 50.5 Å². The highest BCUT2D eigenvalue weighted by atomic mass is 32.2. The summed E-state index contributed by atoms with van der Waals surface area (Å²) in [5.74, 6) is -0.939. The zero-order valence-electron chi connectivity index (χ0n) is 20.5. The molecule has 32 heavy (non-hydrogen) atoms. The molecule has 0 aliphatic rings. The fourth-order valence-corrected chi connectivity index (χ4v) is 3.73. The van der Waals surface area contributed by atoms with Crippen molar-refractivity contribution in [2.45, 2.75) is 116 Å². The number of amides is 1. The van der Waals surface area contributed by atoms with E-state index in [1.807, 2.05) is 6.26 Å². The van der Waals surface area contributed by atoms with Crippen molar-refractivity contribution >= 4 is 29.6 Å². The lowest BCUT2D eigenvalue weighted by atomic mass is 10.1. The van der Waals surface area contributed by atoms with Crippen molar-refractivity contribution in [3.05, 3.63) is 12.2 Å². The normalized spacial score (nSPS) is 12.0. The Balaban J connectivity index is 3.63. The largest absolute Gasteiger partial charge is 0.377 e. The Morgan fingerprint density at radius 1 is 0.844 bits per heavy atom. The lowest BCUT2D eigenvalue weighted by molar-refractivity contribution is -0.260. The SMILES string of the molecule is CCCCCCCC/C=C\CCCCCCCC(=O)OOC(=O)C(CCSC)NC(C)=O. The van der Waals surface area contributed by atoms with Gasteiger partial charge in [0.2, 0.25) is 5.91 Å². The van der Waals surface area contributed by atoms with Gasteiger partial charge in [-0.15, -0.1) is 0 Å². The number of hydrogen-bond acceptors (Lipinski definition) is 6. The molecule has 0 bridgehead atoms. The van der Waals surface area contributed by atoms with E-state index in [1.54, 1.807) is 11.8 Å². The van der Waals surface area contributed by atoms with Crippen molar-refractivity contribution < 1.29 is 24.2 Å². The molecule has 6 nitrogen and oxygen atoms in total. The first-order valence-corrected chi connectivity index (χ1v) is 13.7. The van der Waals surface area contributed by atoms with Gasteiger partial charge in [-0.25, -0.2) is 19.4 Å². The molecule has 0 radical (unpaired) electrons.